The van der Waals surface area contributed by atoms with Crippen molar-refractivity contribution in [3.63, 3.8) is 0 Å². The molecule has 1 saturated heterocycles. The fraction of sp³-hybridized carbons (Fsp3) is 0.240. The molecule has 0 unspecified atom stereocenters. The topological polar surface area (TPSA) is 95.9 Å². The summed E-state index contributed by atoms with van der Waals surface area (Å²) in [5.74, 6) is 1.23. The van der Waals surface area contributed by atoms with Gasteiger partial charge in [0, 0.05) is 36.2 Å². The Kier molecular flexibility index (Phi) is 5.80. The first kappa shape index (κ1) is 20.8. The number of amides is 1. The maximum atomic E-state index is 12.6. The van der Waals surface area contributed by atoms with Gasteiger partial charge in [0.2, 0.25) is 5.95 Å². The lowest BCUT2D eigenvalue weighted by Gasteiger charge is -2.28. The van der Waals surface area contributed by atoms with Gasteiger partial charge >= 0.3 is 0 Å². The Balaban J connectivity index is 1.26. The summed E-state index contributed by atoms with van der Waals surface area (Å²) in [6, 6.07) is 16.9. The van der Waals surface area contributed by atoms with Crippen LogP contribution in [-0.4, -0.2) is 38.9 Å². The van der Waals surface area contributed by atoms with E-state index in [4.69, 9.17) is 4.98 Å². The van der Waals surface area contributed by atoms with Crippen LogP contribution in [0.2, 0.25) is 0 Å². The van der Waals surface area contributed by atoms with Gasteiger partial charge in [0.15, 0.2) is 0 Å². The highest BCUT2D eigenvalue weighted by Gasteiger charge is 2.14. The number of hydrogen-bond donors (Lipinski definition) is 2. The van der Waals surface area contributed by atoms with E-state index in [1.165, 1.54) is 25.5 Å². The van der Waals surface area contributed by atoms with Crippen LogP contribution in [0.4, 0.5) is 23.1 Å². The van der Waals surface area contributed by atoms with E-state index in [0.29, 0.717) is 17.2 Å². The minimum Gasteiger partial charge on any atom is -0.356 e. The summed E-state index contributed by atoms with van der Waals surface area (Å²) in [4.78, 5) is 32.8. The minimum atomic E-state index is -0.304. The fourth-order valence-electron chi connectivity index (χ4n) is 3.92. The molecular formula is C25H25N7O. The number of nitrogens with zero attached hydrogens (tertiary/aromatic N) is 5. The zero-order chi connectivity index (χ0) is 22.6. The van der Waals surface area contributed by atoms with Crippen molar-refractivity contribution in [3.8, 4) is 0 Å². The molecule has 0 saturated carbocycles. The van der Waals surface area contributed by atoms with Crippen molar-refractivity contribution in [2.24, 2.45) is 0 Å². The molecule has 2 aromatic carbocycles. The Morgan fingerprint density at radius 3 is 2.39 bits per heavy atom. The molecule has 0 aliphatic carbocycles. The van der Waals surface area contributed by atoms with Gasteiger partial charge in [0.25, 0.3) is 5.91 Å². The van der Waals surface area contributed by atoms with Crippen LogP contribution in [0.15, 0.2) is 60.8 Å². The van der Waals surface area contributed by atoms with Crippen molar-refractivity contribution in [1.82, 2.24) is 19.9 Å². The van der Waals surface area contributed by atoms with Crippen molar-refractivity contribution in [2.75, 3.05) is 28.6 Å². The predicted octanol–water partition coefficient (Wildman–Crippen LogP) is 4.71. The lowest BCUT2D eigenvalue weighted by molar-refractivity contribution is 0.102. The molecule has 5 rings (SSSR count). The van der Waals surface area contributed by atoms with Crippen LogP contribution >= 0.6 is 0 Å². The molecule has 0 radical (unpaired) electrons. The normalized spacial score (nSPS) is 13.7. The van der Waals surface area contributed by atoms with Crippen molar-refractivity contribution in [3.05, 3.63) is 72.2 Å². The smallest absolute Gasteiger partial charge is 0.275 e. The Morgan fingerprint density at radius 2 is 1.61 bits per heavy atom. The molecule has 33 heavy (non-hydrogen) atoms. The van der Waals surface area contributed by atoms with E-state index in [-0.39, 0.29) is 11.6 Å². The van der Waals surface area contributed by atoms with Crippen molar-refractivity contribution >= 4 is 40.1 Å². The molecule has 3 heterocycles. The van der Waals surface area contributed by atoms with Gasteiger partial charge < -0.3 is 15.5 Å². The number of aryl methyl sites for hydroxylation is 1. The van der Waals surface area contributed by atoms with Crippen LogP contribution in [0.25, 0.3) is 11.0 Å². The van der Waals surface area contributed by atoms with E-state index >= 15 is 0 Å². The number of piperidine rings is 1. The summed E-state index contributed by atoms with van der Waals surface area (Å²) < 4.78 is 0. The van der Waals surface area contributed by atoms with Gasteiger partial charge in [0.05, 0.1) is 17.2 Å². The third-order valence-corrected chi connectivity index (χ3v) is 5.60. The Bertz CT molecular complexity index is 1280. The molecule has 2 aromatic heterocycles. The average Bonchev–Trinajstić information content (AvgIpc) is 2.85. The fourth-order valence-corrected chi connectivity index (χ4v) is 3.92. The van der Waals surface area contributed by atoms with Crippen LogP contribution in [-0.2, 0) is 0 Å². The van der Waals surface area contributed by atoms with Gasteiger partial charge in [-0.2, -0.15) is 4.98 Å². The summed E-state index contributed by atoms with van der Waals surface area (Å²) in [7, 11) is 0. The van der Waals surface area contributed by atoms with Crippen molar-refractivity contribution < 1.29 is 4.79 Å². The molecule has 2 N–H and O–H groups in total. The highest BCUT2D eigenvalue weighted by Crippen LogP contribution is 2.22. The van der Waals surface area contributed by atoms with E-state index in [0.717, 1.165) is 35.8 Å². The average molecular weight is 440 g/mol. The molecular weight excluding hydrogens is 414 g/mol. The maximum absolute atomic E-state index is 12.6. The maximum Gasteiger partial charge on any atom is 0.275 e. The molecule has 4 aromatic rings. The number of benzene rings is 2. The highest BCUT2D eigenvalue weighted by atomic mass is 16.1. The second kappa shape index (κ2) is 9.20. The standard InChI is InChI=1S/C25H25N7O/c1-17-15-23(32-13-5-2-6-14-32)31-25(27-17)29-19-11-9-18(10-12-19)28-24(33)22-16-26-20-7-3-4-8-21(20)30-22/h3-4,7-12,15-16H,2,5-6,13-14H2,1H3,(H,28,33)(H,27,29,31). The molecule has 0 atom stereocenters. The second-order valence-electron chi connectivity index (χ2n) is 8.14. The number of rotatable bonds is 5. The Labute approximate surface area is 192 Å². The first-order valence-corrected chi connectivity index (χ1v) is 11.1. The summed E-state index contributed by atoms with van der Waals surface area (Å²) >= 11 is 0. The molecule has 1 fully saturated rings. The quantitative estimate of drug-likeness (QED) is 0.465. The molecule has 1 aliphatic heterocycles. The number of nitrogens with one attached hydrogen (secondary N) is 2. The number of aromatic nitrogens is 4. The lowest BCUT2D eigenvalue weighted by Crippen LogP contribution is -2.30. The van der Waals surface area contributed by atoms with E-state index in [1.807, 2.05) is 61.5 Å². The van der Waals surface area contributed by atoms with Crippen LogP contribution in [0.3, 0.4) is 0 Å². The number of hydrogen-bond acceptors (Lipinski definition) is 7. The zero-order valence-electron chi connectivity index (χ0n) is 18.5. The zero-order valence-corrected chi connectivity index (χ0v) is 18.5. The number of carbonyl (C=O) groups is 1. The van der Waals surface area contributed by atoms with E-state index in [9.17, 15) is 4.79 Å². The van der Waals surface area contributed by atoms with E-state index in [2.05, 4.69) is 30.5 Å². The summed E-state index contributed by atoms with van der Waals surface area (Å²) in [5, 5.41) is 6.14. The van der Waals surface area contributed by atoms with E-state index < -0.39 is 0 Å². The summed E-state index contributed by atoms with van der Waals surface area (Å²) in [6.07, 6.45) is 5.16. The van der Waals surface area contributed by atoms with E-state index in [1.54, 1.807) is 0 Å². The molecule has 0 bridgehead atoms. The molecule has 8 heteroatoms. The molecule has 1 amide bonds. The van der Waals surface area contributed by atoms with Crippen molar-refractivity contribution in [1.29, 1.82) is 0 Å². The first-order chi connectivity index (χ1) is 16.1. The van der Waals surface area contributed by atoms with Gasteiger partial charge in [-0.25, -0.2) is 9.97 Å². The third-order valence-electron chi connectivity index (χ3n) is 5.60. The third kappa shape index (κ3) is 4.90. The van der Waals surface area contributed by atoms with Gasteiger partial charge in [0.1, 0.15) is 11.5 Å². The lowest BCUT2D eigenvalue weighted by atomic mass is 10.1. The number of carbonyl (C=O) groups excluding carboxylic acids is 1. The number of para-hydroxylation sites is 2. The van der Waals surface area contributed by atoms with Crippen LogP contribution in [0.5, 0.6) is 0 Å². The van der Waals surface area contributed by atoms with Crippen LogP contribution in [0.1, 0.15) is 35.4 Å². The summed E-state index contributed by atoms with van der Waals surface area (Å²) in [5.41, 5.74) is 4.15. The van der Waals surface area contributed by atoms with Crippen LogP contribution < -0.4 is 15.5 Å². The largest absolute Gasteiger partial charge is 0.356 e. The Hall–Kier alpha value is -4.07. The van der Waals surface area contributed by atoms with Crippen molar-refractivity contribution in [2.45, 2.75) is 26.2 Å². The SMILES string of the molecule is Cc1cc(N2CCCCC2)nc(Nc2ccc(NC(=O)c3cnc4ccccc4n3)cc2)n1. The van der Waals surface area contributed by atoms with Gasteiger partial charge in [-0.05, 0) is 62.6 Å². The molecule has 1 aliphatic rings. The molecule has 166 valence electrons. The second-order valence-corrected chi connectivity index (χ2v) is 8.14. The molecule has 8 nitrogen and oxygen atoms in total. The minimum absolute atomic E-state index is 0.273. The first-order valence-electron chi connectivity index (χ1n) is 11.1. The number of anilines is 4. The molecule has 0 spiro atoms. The number of fused-ring (bicyclic) bond motifs is 1. The summed E-state index contributed by atoms with van der Waals surface area (Å²) in [6.45, 7) is 4.05. The van der Waals surface area contributed by atoms with Gasteiger partial charge in [-0.1, -0.05) is 12.1 Å². The Morgan fingerprint density at radius 1 is 0.879 bits per heavy atom. The van der Waals surface area contributed by atoms with Gasteiger partial charge in [-0.15, -0.1) is 0 Å². The monoisotopic (exact) mass is 439 g/mol. The predicted molar refractivity (Wildman–Crippen MR) is 130 cm³/mol. The van der Waals surface area contributed by atoms with Gasteiger partial charge in [-0.3, -0.25) is 9.78 Å². The highest BCUT2D eigenvalue weighted by molar-refractivity contribution is 6.03. The van der Waals surface area contributed by atoms with Crippen LogP contribution in [0, 0.1) is 6.92 Å².